The van der Waals surface area contributed by atoms with E-state index < -0.39 is 24.2 Å². The van der Waals surface area contributed by atoms with E-state index in [-0.39, 0.29) is 12.1 Å². The zero-order valence-electron chi connectivity index (χ0n) is 16.2. The molecular formula is C22H18NO7-. The lowest BCUT2D eigenvalue weighted by molar-refractivity contribution is -0.305. The third-order valence-corrected chi connectivity index (χ3v) is 4.87. The number of ether oxygens (including phenoxy) is 3. The molecule has 0 N–H and O–H groups in total. The van der Waals surface area contributed by atoms with Crippen molar-refractivity contribution in [2.45, 2.75) is 6.42 Å². The van der Waals surface area contributed by atoms with Crippen LogP contribution in [-0.2, 0) is 9.59 Å². The highest BCUT2D eigenvalue weighted by atomic mass is 16.6. The van der Waals surface area contributed by atoms with Gasteiger partial charge in [-0.1, -0.05) is 18.2 Å². The summed E-state index contributed by atoms with van der Waals surface area (Å²) in [5.74, 6) is -1.000. The summed E-state index contributed by atoms with van der Waals surface area (Å²) >= 11 is 0. The maximum atomic E-state index is 13.1. The summed E-state index contributed by atoms with van der Waals surface area (Å²) in [5, 5.41) is 10.9. The number of nitrogens with zero attached hydrogens (tertiary/aromatic N) is 1. The van der Waals surface area contributed by atoms with E-state index in [0.29, 0.717) is 47.2 Å². The second-order valence-corrected chi connectivity index (χ2v) is 6.73. The van der Waals surface area contributed by atoms with Gasteiger partial charge in [-0.25, -0.2) is 0 Å². The van der Waals surface area contributed by atoms with E-state index in [9.17, 15) is 19.5 Å². The first-order valence-electron chi connectivity index (χ1n) is 9.34. The fourth-order valence-electron chi connectivity index (χ4n) is 3.49. The fraction of sp³-hybridized carbons (Fsp3) is 0.227. The number of carboxylic acid groups (broad SMARTS) is 1. The lowest BCUT2D eigenvalue weighted by Gasteiger charge is -2.29. The number of carboxylic acids is 1. The van der Waals surface area contributed by atoms with Crippen LogP contribution in [0.2, 0.25) is 0 Å². The van der Waals surface area contributed by atoms with Gasteiger partial charge >= 0.3 is 0 Å². The van der Waals surface area contributed by atoms with Gasteiger partial charge in [0.2, 0.25) is 5.75 Å². The number of amides is 2. The van der Waals surface area contributed by atoms with E-state index in [1.807, 2.05) is 0 Å². The van der Waals surface area contributed by atoms with Crippen molar-refractivity contribution in [3.8, 4) is 17.2 Å². The summed E-state index contributed by atoms with van der Waals surface area (Å²) in [6.45, 7) is 0.532. The van der Waals surface area contributed by atoms with Crippen molar-refractivity contribution < 1.29 is 33.7 Å². The Kier molecular flexibility index (Phi) is 5.14. The highest BCUT2D eigenvalue weighted by Crippen LogP contribution is 2.41. The molecule has 2 aromatic carbocycles. The van der Waals surface area contributed by atoms with Gasteiger partial charge in [-0.3, -0.25) is 14.5 Å². The van der Waals surface area contributed by atoms with Gasteiger partial charge in [-0.2, -0.15) is 0 Å². The molecule has 4 rings (SSSR count). The van der Waals surface area contributed by atoms with Gasteiger partial charge in [-0.15, -0.1) is 0 Å². The molecule has 0 saturated heterocycles. The van der Waals surface area contributed by atoms with Gasteiger partial charge < -0.3 is 24.1 Å². The monoisotopic (exact) mass is 408 g/mol. The molecule has 30 heavy (non-hydrogen) atoms. The van der Waals surface area contributed by atoms with E-state index >= 15 is 0 Å². The van der Waals surface area contributed by atoms with E-state index in [1.54, 1.807) is 42.5 Å². The van der Waals surface area contributed by atoms with Gasteiger partial charge in [0.05, 0.1) is 7.11 Å². The Morgan fingerprint density at radius 1 is 1.13 bits per heavy atom. The summed E-state index contributed by atoms with van der Waals surface area (Å²) in [6.07, 6.45) is 1.19. The third-order valence-electron chi connectivity index (χ3n) is 4.87. The summed E-state index contributed by atoms with van der Waals surface area (Å²) in [7, 11) is 1.51. The zero-order valence-corrected chi connectivity index (χ0v) is 16.2. The lowest BCUT2D eigenvalue weighted by Crippen LogP contribution is -2.43. The minimum absolute atomic E-state index is 0.266. The topological polar surface area (TPSA) is 105 Å². The van der Waals surface area contributed by atoms with E-state index in [1.165, 1.54) is 7.11 Å². The number of methoxy groups -OCH3 is 1. The number of imide groups is 1. The van der Waals surface area contributed by atoms with Crippen LogP contribution < -0.4 is 19.3 Å². The zero-order chi connectivity index (χ0) is 21.3. The first kappa shape index (κ1) is 19.5. The van der Waals surface area contributed by atoms with Crippen LogP contribution in [0.3, 0.4) is 0 Å². The van der Waals surface area contributed by atoms with Crippen LogP contribution in [0, 0.1) is 0 Å². The number of aliphatic carboxylic acids is 1. The van der Waals surface area contributed by atoms with Crippen LogP contribution in [0.1, 0.15) is 27.9 Å². The minimum Gasteiger partial charge on any atom is -0.550 e. The fourth-order valence-corrected chi connectivity index (χ4v) is 3.49. The smallest absolute Gasteiger partial charge is 0.261 e. The molecule has 154 valence electrons. The van der Waals surface area contributed by atoms with E-state index in [4.69, 9.17) is 14.2 Å². The first-order chi connectivity index (χ1) is 14.5. The standard InChI is InChI=1S/C22H19NO7/c1-28-17-11-13(12-18-20(17)30-9-8-29-18)10-16-14-4-2-3-5-15(14)21(26)23(22(16)27)7-6-19(24)25/h2-5,10-12H,6-9H2,1H3,(H,24,25)/p-1/b16-10-. The summed E-state index contributed by atoms with van der Waals surface area (Å²) < 4.78 is 16.6. The number of benzene rings is 2. The Bertz CT molecular complexity index is 1060. The molecule has 2 amide bonds. The van der Waals surface area contributed by atoms with E-state index in [0.717, 1.165) is 4.90 Å². The van der Waals surface area contributed by atoms with Crippen LogP contribution in [0.4, 0.5) is 0 Å². The number of rotatable bonds is 5. The highest BCUT2D eigenvalue weighted by Gasteiger charge is 2.34. The molecule has 0 unspecified atom stereocenters. The molecule has 0 aromatic heterocycles. The molecule has 8 nitrogen and oxygen atoms in total. The van der Waals surface area contributed by atoms with Crippen LogP contribution >= 0.6 is 0 Å². The summed E-state index contributed by atoms with van der Waals surface area (Å²) in [4.78, 5) is 37.6. The number of hydrogen-bond donors (Lipinski definition) is 0. The molecule has 0 aliphatic carbocycles. The van der Waals surface area contributed by atoms with Crippen molar-refractivity contribution in [3.63, 3.8) is 0 Å². The number of fused-ring (bicyclic) bond motifs is 2. The molecule has 0 spiro atoms. The van der Waals surface area contributed by atoms with Crippen LogP contribution in [0.15, 0.2) is 36.4 Å². The molecule has 0 radical (unpaired) electrons. The first-order valence-corrected chi connectivity index (χ1v) is 9.34. The Hall–Kier alpha value is -3.81. The van der Waals surface area contributed by atoms with Gasteiger partial charge in [0.15, 0.2) is 11.5 Å². The predicted molar refractivity (Wildman–Crippen MR) is 104 cm³/mol. The molecule has 0 fully saturated rings. The predicted octanol–water partition coefficient (Wildman–Crippen LogP) is 1.13. The average molecular weight is 408 g/mol. The minimum atomic E-state index is -1.34. The Labute approximate surface area is 172 Å². The van der Waals surface area contributed by atoms with Gasteiger partial charge in [-0.05, 0) is 35.4 Å². The molecule has 2 heterocycles. The Morgan fingerprint density at radius 3 is 2.60 bits per heavy atom. The number of carbonyl (C=O) groups is 3. The number of carbonyl (C=O) groups excluding carboxylic acids is 3. The molecule has 0 saturated carbocycles. The molecule has 0 bridgehead atoms. The third kappa shape index (κ3) is 3.47. The maximum absolute atomic E-state index is 13.1. The van der Waals surface area contributed by atoms with E-state index in [2.05, 4.69) is 0 Å². The maximum Gasteiger partial charge on any atom is 0.261 e. The molecule has 2 aliphatic rings. The van der Waals surface area contributed by atoms with Gasteiger partial charge in [0.25, 0.3) is 11.8 Å². The second kappa shape index (κ2) is 7.90. The van der Waals surface area contributed by atoms with Crippen molar-refractivity contribution in [1.82, 2.24) is 4.90 Å². The quantitative estimate of drug-likeness (QED) is 0.539. The SMILES string of the molecule is COc1cc(/C=C2\C(=O)N(CCC(=O)[O-])C(=O)c3ccccc32)cc2c1OCCO2. The van der Waals surface area contributed by atoms with Gasteiger partial charge in [0.1, 0.15) is 13.2 Å². The lowest BCUT2D eigenvalue weighted by atomic mass is 9.92. The van der Waals surface area contributed by atoms with Crippen molar-refractivity contribution in [1.29, 1.82) is 0 Å². The number of hydrogen-bond acceptors (Lipinski definition) is 7. The van der Waals surface area contributed by atoms with Crippen LogP contribution in [-0.4, -0.2) is 49.6 Å². The Morgan fingerprint density at radius 2 is 1.87 bits per heavy atom. The summed E-state index contributed by atoms with van der Waals surface area (Å²) in [5.41, 5.74) is 1.68. The largest absolute Gasteiger partial charge is 0.550 e. The normalized spacial score (nSPS) is 16.4. The Balaban J connectivity index is 1.81. The van der Waals surface area contributed by atoms with Crippen LogP contribution in [0.5, 0.6) is 17.2 Å². The van der Waals surface area contributed by atoms with Crippen LogP contribution in [0.25, 0.3) is 11.6 Å². The van der Waals surface area contributed by atoms with Crippen molar-refractivity contribution in [2.24, 2.45) is 0 Å². The molecule has 0 atom stereocenters. The van der Waals surface area contributed by atoms with Crippen molar-refractivity contribution >= 4 is 29.4 Å². The molecular weight excluding hydrogens is 390 g/mol. The molecule has 2 aromatic rings. The molecule has 2 aliphatic heterocycles. The van der Waals surface area contributed by atoms with Crippen molar-refractivity contribution in [3.05, 3.63) is 53.1 Å². The van der Waals surface area contributed by atoms with Crippen molar-refractivity contribution in [2.75, 3.05) is 26.9 Å². The second-order valence-electron chi connectivity index (χ2n) is 6.73. The molecule has 8 heteroatoms. The highest BCUT2D eigenvalue weighted by molar-refractivity contribution is 6.33. The summed E-state index contributed by atoms with van der Waals surface area (Å²) in [6, 6.07) is 10.1. The van der Waals surface area contributed by atoms with Gasteiger partial charge in [0, 0.05) is 30.1 Å². The average Bonchev–Trinajstić information content (AvgIpc) is 2.75.